The summed E-state index contributed by atoms with van der Waals surface area (Å²) in [6.07, 6.45) is 2.47. The van der Waals surface area contributed by atoms with Crippen LogP contribution in [0, 0.1) is 5.92 Å². The molecule has 1 saturated heterocycles. The van der Waals surface area contributed by atoms with E-state index in [1.165, 1.54) is 0 Å². The highest BCUT2D eigenvalue weighted by Gasteiger charge is 2.26. The number of aliphatic carboxylic acids is 1. The molecule has 1 fully saturated rings. The summed E-state index contributed by atoms with van der Waals surface area (Å²) in [5.41, 5.74) is 0.985. The molecule has 0 spiro atoms. The minimum atomic E-state index is -0.774. The van der Waals surface area contributed by atoms with Crippen molar-refractivity contribution in [2.75, 3.05) is 26.2 Å². The Morgan fingerprint density at radius 1 is 1.42 bits per heavy atom. The van der Waals surface area contributed by atoms with Gasteiger partial charge in [-0.25, -0.2) is 0 Å². The lowest BCUT2D eigenvalue weighted by Crippen LogP contribution is -2.44. The van der Waals surface area contributed by atoms with Crippen LogP contribution in [-0.2, 0) is 16.1 Å². The van der Waals surface area contributed by atoms with Crippen molar-refractivity contribution >= 4 is 11.9 Å². The second-order valence-corrected chi connectivity index (χ2v) is 6.19. The van der Waals surface area contributed by atoms with Crippen LogP contribution in [0.2, 0.25) is 0 Å². The fourth-order valence-electron chi connectivity index (χ4n) is 2.83. The lowest BCUT2D eigenvalue weighted by molar-refractivity contribution is -0.144. The highest BCUT2D eigenvalue weighted by atomic mass is 16.5. The first-order chi connectivity index (χ1) is 11.6. The van der Waals surface area contributed by atoms with E-state index in [4.69, 9.17) is 9.84 Å². The van der Waals surface area contributed by atoms with E-state index in [1.54, 1.807) is 0 Å². The van der Waals surface area contributed by atoms with E-state index in [0.29, 0.717) is 26.1 Å². The Hall–Kier alpha value is -2.08. The Morgan fingerprint density at radius 3 is 3.00 bits per heavy atom. The summed E-state index contributed by atoms with van der Waals surface area (Å²) in [4.78, 5) is 25.1. The molecule has 24 heavy (non-hydrogen) atoms. The maximum Gasteiger partial charge on any atom is 0.307 e. The molecule has 1 aliphatic rings. The molecule has 1 unspecified atom stereocenters. The predicted octanol–water partition coefficient (Wildman–Crippen LogP) is 1.89. The lowest BCUT2D eigenvalue weighted by atomic mass is 9.98. The Kier molecular flexibility index (Phi) is 7.06. The van der Waals surface area contributed by atoms with Gasteiger partial charge in [0, 0.05) is 13.1 Å². The molecule has 0 bridgehead atoms. The molecule has 1 aromatic carbocycles. The van der Waals surface area contributed by atoms with Gasteiger partial charge in [0.15, 0.2) is 0 Å². The van der Waals surface area contributed by atoms with Crippen LogP contribution in [0.25, 0.3) is 0 Å². The Balaban J connectivity index is 1.77. The van der Waals surface area contributed by atoms with Crippen molar-refractivity contribution in [2.24, 2.45) is 5.92 Å². The molecule has 0 saturated carbocycles. The van der Waals surface area contributed by atoms with Crippen molar-refractivity contribution in [3.63, 3.8) is 0 Å². The van der Waals surface area contributed by atoms with Gasteiger partial charge in [0.1, 0.15) is 5.75 Å². The SMILES string of the molecule is CCCOc1cccc(CNC(=O)CN2CCCC(C(=O)O)C2)c1. The molecule has 0 radical (unpaired) electrons. The number of nitrogens with one attached hydrogen (secondary N) is 1. The molecular formula is C18H26N2O4. The fraction of sp³-hybridized carbons (Fsp3) is 0.556. The van der Waals surface area contributed by atoms with Gasteiger partial charge in [-0.1, -0.05) is 19.1 Å². The van der Waals surface area contributed by atoms with E-state index >= 15 is 0 Å². The van der Waals surface area contributed by atoms with Gasteiger partial charge in [-0.3, -0.25) is 14.5 Å². The summed E-state index contributed by atoms with van der Waals surface area (Å²) in [7, 11) is 0. The second kappa shape index (κ2) is 9.27. The van der Waals surface area contributed by atoms with Crippen LogP contribution in [0.15, 0.2) is 24.3 Å². The molecule has 1 aliphatic heterocycles. The zero-order chi connectivity index (χ0) is 17.4. The molecule has 0 aliphatic carbocycles. The molecule has 1 heterocycles. The highest BCUT2D eigenvalue weighted by molar-refractivity contribution is 5.78. The Labute approximate surface area is 142 Å². The highest BCUT2D eigenvalue weighted by Crippen LogP contribution is 2.16. The largest absolute Gasteiger partial charge is 0.494 e. The molecule has 2 N–H and O–H groups in total. The molecule has 0 aromatic heterocycles. The lowest BCUT2D eigenvalue weighted by Gasteiger charge is -2.29. The first kappa shape index (κ1) is 18.3. The number of hydrogen-bond acceptors (Lipinski definition) is 4. The maximum absolute atomic E-state index is 12.1. The number of amides is 1. The van der Waals surface area contributed by atoms with Gasteiger partial charge in [0.25, 0.3) is 0 Å². The van der Waals surface area contributed by atoms with Gasteiger partial charge in [-0.05, 0) is 43.5 Å². The molecule has 132 valence electrons. The fourth-order valence-corrected chi connectivity index (χ4v) is 2.83. The zero-order valence-electron chi connectivity index (χ0n) is 14.2. The third-order valence-corrected chi connectivity index (χ3v) is 4.08. The third-order valence-electron chi connectivity index (χ3n) is 4.08. The van der Waals surface area contributed by atoms with Gasteiger partial charge < -0.3 is 15.2 Å². The smallest absolute Gasteiger partial charge is 0.307 e. The minimum Gasteiger partial charge on any atom is -0.494 e. The van der Waals surface area contributed by atoms with Crippen LogP contribution in [-0.4, -0.2) is 48.1 Å². The van der Waals surface area contributed by atoms with Crippen molar-refractivity contribution in [2.45, 2.75) is 32.7 Å². The number of carbonyl (C=O) groups excluding carboxylic acids is 1. The summed E-state index contributed by atoms with van der Waals surface area (Å²) in [6.45, 7) is 4.64. The number of nitrogens with zero attached hydrogens (tertiary/aromatic N) is 1. The summed E-state index contributed by atoms with van der Waals surface area (Å²) < 4.78 is 5.58. The van der Waals surface area contributed by atoms with Crippen LogP contribution in [0.4, 0.5) is 0 Å². The molecule has 1 aromatic rings. The van der Waals surface area contributed by atoms with Crippen molar-refractivity contribution < 1.29 is 19.4 Å². The number of hydrogen-bond donors (Lipinski definition) is 2. The standard InChI is InChI=1S/C18H26N2O4/c1-2-9-24-16-7-3-5-14(10-16)11-19-17(21)13-20-8-4-6-15(12-20)18(22)23/h3,5,7,10,15H,2,4,6,8-9,11-13H2,1H3,(H,19,21)(H,22,23). The van der Waals surface area contributed by atoms with Crippen molar-refractivity contribution in [3.05, 3.63) is 29.8 Å². The molecular weight excluding hydrogens is 308 g/mol. The van der Waals surface area contributed by atoms with Gasteiger partial charge in [-0.15, -0.1) is 0 Å². The summed E-state index contributed by atoms with van der Waals surface area (Å²) >= 11 is 0. The monoisotopic (exact) mass is 334 g/mol. The Morgan fingerprint density at radius 2 is 2.25 bits per heavy atom. The van der Waals surface area contributed by atoms with Crippen LogP contribution in [0.5, 0.6) is 5.75 Å². The Bertz CT molecular complexity index is 562. The average Bonchev–Trinajstić information content (AvgIpc) is 2.59. The van der Waals surface area contributed by atoms with Gasteiger partial charge in [0.2, 0.25) is 5.91 Å². The summed E-state index contributed by atoms with van der Waals surface area (Å²) in [6, 6.07) is 7.69. The van der Waals surface area contributed by atoms with Crippen LogP contribution < -0.4 is 10.1 Å². The molecule has 6 heteroatoms. The van der Waals surface area contributed by atoms with Crippen LogP contribution >= 0.6 is 0 Å². The normalized spacial score (nSPS) is 18.1. The number of rotatable bonds is 8. The molecule has 1 amide bonds. The molecule has 6 nitrogen and oxygen atoms in total. The number of likely N-dealkylation sites (tertiary alicyclic amines) is 1. The molecule has 2 rings (SSSR count). The third kappa shape index (κ3) is 5.85. The topological polar surface area (TPSA) is 78.9 Å². The van der Waals surface area contributed by atoms with E-state index in [2.05, 4.69) is 12.2 Å². The van der Waals surface area contributed by atoms with E-state index in [0.717, 1.165) is 30.7 Å². The van der Waals surface area contributed by atoms with E-state index in [1.807, 2.05) is 29.2 Å². The number of carboxylic acid groups (broad SMARTS) is 1. The van der Waals surface area contributed by atoms with Crippen molar-refractivity contribution in [1.82, 2.24) is 10.2 Å². The second-order valence-electron chi connectivity index (χ2n) is 6.19. The first-order valence-electron chi connectivity index (χ1n) is 8.52. The quantitative estimate of drug-likeness (QED) is 0.759. The van der Waals surface area contributed by atoms with Crippen molar-refractivity contribution in [1.29, 1.82) is 0 Å². The van der Waals surface area contributed by atoms with E-state index < -0.39 is 5.97 Å². The zero-order valence-corrected chi connectivity index (χ0v) is 14.2. The van der Waals surface area contributed by atoms with Gasteiger partial charge in [0.05, 0.1) is 19.1 Å². The average molecular weight is 334 g/mol. The summed E-state index contributed by atoms with van der Waals surface area (Å²) in [5.74, 6) is -0.409. The number of piperidine rings is 1. The molecule has 1 atom stereocenters. The van der Waals surface area contributed by atoms with Crippen LogP contribution in [0.1, 0.15) is 31.7 Å². The number of ether oxygens (including phenoxy) is 1. The number of carbonyl (C=O) groups is 2. The summed E-state index contributed by atoms with van der Waals surface area (Å²) in [5, 5.41) is 12.0. The minimum absolute atomic E-state index is 0.0825. The maximum atomic E-state index is 12.1. The van der Waals surface area contributed by atoms with E-state index in [-0.39, 0.29) is 18.4 Å². The first-order valence-corrected chi connectivity index (χ1v) is 8.52. The number of benzene rings is 1. The van der Waals surface area contributed by atoms with E-state index in [9.17, 15) is 9.59 Å². The van der Waals surface area contributed by atoms with Gasteiger partial charge in [-0.2, -0.15) is 0 Å². The van der Waals surface area contributed by atoms with Crippen LogP contribution in [0.3, 0.4) is 0 Å². The van der Waals surface area contributed by atoms with Gasteiger partial charge >= 0.3 is 5.97 Å². The van der Waals surface area contributed by atoms with Crippen molar-refractivity contribution in [3.8, 4) is 5.75 Å². The predicted molar refractivity (Wildman–Crippen MR) is 90.9 cm³/mol. The number of carboxylic acids is 1.